The molecule has 1 N–H and O–H groups in total. The molecule has 2 heteroatoms. The lowest BCUT2D eigenvalue weighted by molar-refractivity contribution is 0.120. The second-order valence-corrected chi connectivity index (χ2v) is 7.19. The quantitative estimate of drug-likeness (QED) is 0.784. The molecule has 1 aliphatic rings. The van der Waals surface area contributed by atoms with Gasteiger partial charge in [0.2, 0.25) is 0 Å². The summed E-state index contributed by atoms with van der Waals surface area (Å²) in [5, 5.41) is 3.81. The minimum Gasteiger partial charge on any atom is -0.306 e. The van der Waals surface area contributed by atoms with Gasteiger partial charge in [0.05, 0.1) is 0 Å². The molecule has 17 heavy (non-hydrogen) atoms. The lowest BCUT2D eigenvalue weighted by Gasteiger charge is -2.43. The summed E-state index contributed by atoms with van der Waals surface area (Å²) in [6, 6.07) is 3.55. The Morgan fingerprint density at radius 3 is 2.18 bits per heavy atom. The molecule has 96 valence electrons. The van der Waals surface area contributed by atoms with E-state index in [9.17, 15) is 0 Å². The Kier molecular flexibility index (Phi) is 3.65. The van der Waals surface area contributed by atoms with Crippen molar-refractivity contribution in [3.8, 4) is 0 Å². The molecule has 1 aromatic rings. The predicted molar refractivity (Wildman–Crippen MR) is 76.6 cm³/mol. The third-order valence-corrected chi connectivity index (χ3v) is 6.14. The smallest absolute Gasteiger partial charge is 0.0445 e. The van der Waals surface area contributed by atoms with Crippen LogP contribution in [0.4, 0.5) is 0 Å². The summed E-state index contributed by atoms with van der Waals surface area (Å²) in [5.41, 5.74) is 1.44. The van der Waals surface area contributed by atoms with Crippen LogP contribution in [0, 0.1) is 31.6 Å². The van der Waals surface area contributed by atoms with Crippen molar-refractivity contribution in [1.29, 1.82) is 0 Å². The van der Waals surface area contributed by atoms with Crippen molar-refractivity contribution in [1.82, 2.24) is 5.32 Å². The Morgan fingerprint density at radius 2 is 1.65 bits per heavy atom. The van der Waals surface area contributed by atoms with Crippen molar-refractivity contribution in [2.24, 2.45) is 17.8 Å². The van der Waals surface area contributed by atoms with Crippen LogP contribution < -0.4 is 5.32 Å². The van der Waals surface area contributed by atoms with Gasteiger partial charge in [0, 0.05) is 21.8 Å². The van der Waals surface area contributed by atoms with Crippen LogP contribution >= 0.6 is 11.3 Å². The third-order valence-electron chi connectivity index (χ3n) is 4.91. The van der Waals surface area contributed by atoms with Gasteiger partial charge in [0.25, 0.3) is 0 Å². The first-order valence-electron chi connectivity index (χ1n) is 6.74. The van der Waals surface area contributed by atoms with E-state index in [0.29, 0.717) is 12.1 Å². The second-order valence-electron chi connectivity index (χ2n) is 5.90. The average molecular weight is 251 g/mol. The van der Waals surface area contributed by atoms with Gasteiger partial charge in [-0.1, -0.05) is 20.8 Å². The van der Waals surface area contributed by atoms with Gasteiger partial charge >= 0.3 is 0 Å². The van der Waals surface area contributed by atoms with Crippen molar-refractivity contribution in [3.63, 3.8) is 0 Å². The summed E-state index contributed by atoms with van der Waals surface area (Å²) in [4.78, 5) is 2.99. The molecule has 0 spiro atoms. The van der Waals surface area contributed by atoms with E-state index in [0.717, 1.165) is 17.8 Å². The molecular formula is C15H25NS. The highest BCUT2D eigenvalue weighted by molar-refractivity contribution is 7.12. The van der Waals surface area contributed by atoms with Crippen LogP contribution in [0.3, 0.4) is 0 Å². The number of hydrogen-bond donors (Lipinski definition) is 1. The summed E-state index contributed by atoms with van der Waals surface area (Å²) in [7, 11) is 0. The first-order valence-corrected chi connectivity index (χ1v) is 7.56. The second kappa shape index (κ2) is 4.74. The standard InChI is InChI=1S/C15H25NS/c1-8-7-14(17-13(8)6)15-11(4)9(2)10(3)12(5)16-15/h7,9-12,15-16H,1-6H3. The van der Waals surface area contributed by atoms with Gasteiger partial charge in [-0.05, 0) is 50.2 Å². The number of hydrogen-bond acceptors (Lipinski definition) is 2. The highest BCUT2D eigenvalue weighted by atomic mass is 32.1. The van der Waals surface area contributed by atoms with Crippen LogP contribution in [0.5, 0.6) is 0 Å². The molecule has 2 rings (SSSR count). The van der Waals surface area contributed by atoms with Crippen molar-refractivity contribution in [2.75, 3.05) is 0 Å². The van der Waals surface area contributed by atoms with E-state index in [1.807, 2.05) is 11.3 Å². The average Bonchev–Trinajstić information content (AvgIpc) is 2.61. The summed E-state index contributed by atoms with van der Waals surface area (Å²) in [5.74, 6) is 2.28. The molecule has 0 aliphatic carbocycles. The van der Waals surface area contributed by atoms with Gasteiger partial charge in [-0.2, -0.15) is 0 Å². The molecule has 1 aliphatic heterocycles. The zero-order valence-corrected chi connectivity index (χ0v) is 12.7. The van der Waals surface area contributed by atoms with Gasteiger partial charge in [0.15, 0.2) is 0 Å². The molecular weight excluding hydrogens is 226 g/mol. The largest absolute Gasteiger partial charge is 0.306 e. The van der Waals surface area contributed by atoms with Crippen LogP contribution in [0.25, 0.3) is 0 Å². The fraction of sp³-hybridized carbons (Fsp3) is 0.733. The molecule has 2 heterocycles. The van der Waals surface area contributed by atoms with Gasteiger partial charge < -0.3 is 5.32 Å². The number of nitrogens with one attached hydrogen (secondary N) is 1. The highest BCUT2D eigenvalue weighted by Gasteiger charge is 2.36. The summed E-state index contributed by atoms with van der Waals surface area (Å²) < 4.78 is 0. The maximum absolute atomic E-state index is 3.81. The normalized spacial score (nSPS) is 38.4. The van der Waals surface area contributed by atoms with Crippen molar-refractivity contribution in [2.45, 2.75) is 53.6 Å². The Bertz CT molecular complexity index is 376. The van der Waals surface area contributed by atoms with Crippen molar-refractivity contribution in [3.05, 3.63) is 21.4 Å². The maximum atomic E-state index is 3.81. The lowest BCUT2D eigenvalue weighted by atomic mass is 9.73. The fourth-order valence-electron chi connectivity index (χ4n) is 2.92. The van der Waals surface area contributed by atoms with Gasteiger partial charge in [0.1, 0.15) is 0 Å². The number of piperidine rings is 1. The number of aryl methyl sites for hydroxylation is 2. The Hall–Kier alpha value is -0.340. The lowest BCUT2D eigenvalue weighted by Crippen LogP contribution is -2.48. The van der Waals surface area contributed by atoms with Crippen LogP contribution in [0.15, 0.2) is 6.07 Å². The van der Waals surface area contributed by atoms with E-state index in [1.54, 1.807) is 0 Å². The topological polar surface area (TPSA) is 12.0 Å². The molecule has 0 saturated carbocycles. The van der Waals surface area contributed by atoms with Gasteiger partial charge in [-0.25, -0.2) is 0 Å². The van der Waals surface area contributed by atoms with Crippen LogP contribution in [0.1, 0.15) is 49.1 Å². The number of thiophene rings is 1. The Morgan fingerprint density at radius 1 is 1.00 bits per heavy atom. The highest BCUT2D eigenvalue weighted by Crippen LogP contribution is 2.41. The van der Waals surface area contributed by atoms with E-state index in [2.05, 4.69) is 52.9 Å². The monoisotopic (exact) mass is 251 g/mol. The first-order chi connectivity index (χ1) is 7.91. The summed E-state index contributed by atoms with van der Waals surface area (Å²) >= 11 is 1.97. The molecule has 0 aromatic carbocycles. The molecule has 1 saturated heterocycles. The Balaban J connectivity index is 2.26. The van der Waals surface area contributed by atoms with Gasteiger partial charge in [-0.15, -0.1) is 11.3 Å². The van der Waals surface area contributed by atoms with Crippen molar-refractivity contribution >= 4 is 11.3 Å². The van der Waals surface area contributed by atoms with Crippen LogP contribution in [0.2, 0.25) is 0 Å². The first kappa shape index (κ1) is 13.1. The third kappa shape index (κ3) is 2.30. The summed E-state index contributed by atoms with van der Waals surface area (Å²) in [6.45, 7) is 14.0. The fourth-order valence-corrected chi connectivity index (χ4v) is 4.14. The molecule has 0 amide bonds. The number of rotatable bonds is 1. The minimum atomic E-state index is 0.550. The SMILES string of the molecule is Cc1cc(C2NC(C)C(C)C(C)C2C)sc1C. The van der Waals surface area contributed by atoms with E-state index in [1.165, 1.54) is 15.3 Å². The Labute approximate surface area is 110 Å². The predicted octanol–water partition coefficient (Wildman–Crippen LogP) is 4.31. The zero-order chi connectivity index (χ0) is 12.7. The molecule has 5 unspecified atom stereocenters. The van der Waals surface area contributed by atoms with Crippen LogP contribution in [-0.2, 0) is 0 Å². The molecule has 0 radical (unpaired) electrons. The van der Waals surface area contributed by atoms with E-state index in [4.69, 9.17) is 0 Å². The van der Waals surface area contributed by atoms with Crippen molar-refractivity contribution < 1.29 is 0 Å². The molecule has 1 fully saturated rings. The zero-order valence-electron chi connectivity index (χ0n) is 11.9. The van der Waals surface area contributed by atoms with E-state index >= 15 is 0 Å². The molecule has 5 atom stereocenters. The molecule has 1 aromatic heterocycles. The molecule has 1 nitrogen and oxygen atoms in total. The van der Waals surface area contributed by atoms with E-state index < -0.39 is 0 Å². The van der Waals surface area contributed by atoms with Gasteiger partial charge in [-0.3, -0.25) is 0 Å². The summed E-state index contributed by atoms with van der Waals surface area (Å²) in [6.07, 6.45) is 0. The molecule has 0 bridgehead atoms. The van der Waals surface area contributed by atoms with E-state index in [-0.39, 0.29) is 0 Å². The van der Waals surface area contributed by atoms with Crippen LogP contribution in [-0.4, -0.2) is 6.04 Å². The maximum Gasteiger partial charge on any atom is 0.0445 e. The minimum absolute atomic E-state index is 0.550.